The van der Waals surface area contributed by atoms with Gasteiger partial charge >= 0.3 is 5.97 Å². The maximum atomic E-state index is 11.6. The number of nitrogens with one attached hydrogen (secondary N) is 1. The van der Waals surface area contributed by atoms with Crippen LogP contribution in [-0.2, 0) is 11.2 Å². The molecule has 0 spiro atoms. The second-order valence-electron chi connectivity index (χ2n) is 3.78. The number of aromatic amines is 1. The molecule has 0 atom stereocenters. The Hall–Kier alpha value is -1.65. The molecule has 16 heavy (non-hydrogen) atoms. The van der Waals surface area contributed by atoms with Crippen molar-refractivity contribution < 1.29 is 9.53 Å². The summed E-state index contributed by atoms with van der Waals surface area (Å²) in [5.41, 5.74) is 0.839. The van der Waals surface area contributed by atoms with Crippen molar-refractivity contribution in [3.05, 3.63) is 27.4 Å². The van der Waals surface area contributed by atoms with Gasteiger partial charge in [-0.25, -0.2) is 9.78 Å². The smallest absolute Gasteiger partial charge is 0.358 e. The van der Waals surface area contributed by atoms with Crippen LogP contribution in [-0.4, -0.2) is 23.0 Å². The van der Waals surface area contributed by atoms with Gasteiger partial charge in [0, 0.05) is 5.92 Å². The molecule has 1 heterocycles. The lowest BCUT2D eigenvalue weighted by Crippen LogP contribution is -2.23. The minimum Gasteiger partial charge on any atom is -0.464 e. The molecule has 0 aliphatic carbocycles. The Morgan fingerprint density at radius 2 is 2.12 bits per heavy atom. The Kier molecular flexibility index (Phi) is 3.82. The SMILES string of the molecule is CCc1[nH]c(=O)c(C(C)C)nc1C(=O)OC. The maximum Gasteiger partial charge on any atom is 0.358 e. The van der Waals surface area contributed by atoms with Crippen LogP contribution in [0.25, 0.3) is 0 Å². The summed E-state index contributed by atoms with van der Waals surface area (Å²) >= 11 is 0. The molecular formula is C11H16N2O3. The van der Waals surface area contributed by atoms with E-state index in [0.29, 0.717) is 17.8 Å². The average molecular weight is 224 g/mol. The summed E-state index contributed by atoms with van der Waals surface area (Å²) in [6, 6.07) is 0. The number of hydrogen-bond acceptors (Lipinski definition) is 4. The Morgan fingerprint density at radius 1 is 1.50 bits per heavy atom. The van der Waals surface area contributed by atoms with E-state index in [1.165, 1.54) is 7.11 Å². The zero-order valence-electron chi connectivity index (χ0n) is 9.96. The van der Waals surface area contributed by atoms with Crippen LogP contribution in [0.3, 0.4) is 0 Å². The maximum absolute atomic E-state index is 11.6. The van der Waals surface area contributed by atoms with Crippen LogP contribution in [0.4, 0.5) is 0 Å². The largest absolute Gasteiger partial charge is 0.464 e. The molecule has 0 fully saturated rings. The van der Waals surface area contributed by atoms with E-state index in [-0.39, 0.29) is 17.2 Å². The van der Waals surface area contributed by atoms with Gasteiger partial charge in [0.05, 0.1) is 12.8 Å². The Morgan fingerprint density at radius 3 is 2.56 bits per heavy atom. The highest BCUT2D eigenvalue weighted by Crippen LogP contribution is 2.10. The number of nitrogens with zero attached hydrogens (tertiary/aromatic N) is 1. The van der Waals surface area contributed by atoms with Gasteiger partial charge in [0.1, 0.15) is 5.69 Å². The first-order valence-corrected chi connectivity index (χ1v) is 5.22. The number of rotatable bonds is 3. The van der Waals surface area contributed by atoms with Crippen molar-refractivity contribution >= 4 is 5.97 Å². The van der Waals surface area contributed by atoms with E-state index < -0.39 is 5.97 Å². The minimum atomic E-state index is -0.519. The number of ether oxygens (including phenoxy) is 1. The third-order valence-corrected chi connectivity index (χ3v) is 2.29. The summed E-state index contributed by atoms with van der Waals surface area (Å²) in [5.74, 6) is -0.548. The van der Waals surface area contributed by atoms with Crippen molar-refractivity contribution in [2.45, 2.75) is 33.1 Å². The van der Waals surface area contributed by atoms with Gasteiger partial charge in [-0.3, -0.25) is 4.79 Å². The quantitative estimate of drug-likeness (QED) is 0.784. The predicted octanol–water partition coefficient (Wildman–Crippen LogP) is 1.24. The number of carbonyl (C=O) groups is 1. The highest BCUT2D eigenvalue weighted by molar-refractivity contribution is 5.88. The van der Waals surface area contributed by atoms with Crippen LogP contribution in [0.1, 0.15) is 48.6 Å². The van der Waals surface area contributed by atoms with E-state index in [2.05, 4.69) is 14.7 Å². The van der Waals surface area contributed by atoms with Gasteiger partial charge in [-0.15, -0.1) is 0 Å². The van der Waals surface area contributed by atoms with Crippen LogP contribution in [0.5, 0.6) is 0 Å². The molecule has 5 nitrogen and oxygen atoms in total. The molecule has 88 valence electrons. The van der Waals surface area contributed by atoms with Crippen molar-refractivity contribution in [3.63, 3.8) is 0 Å². The van der Waals surface area contributed by atoms with Crippen LogP contribution in [0.2, 0.25) is 0 Å². The first kappa shape index (κ1) is 12.4. The molecule has 0 aromatic carbocycles. The van der Waals surface area contributed by atoms with Crippen LogP contribution < -0.4 is 5.56 Å². The summed E-state index contributed by atoms with van der Waals surface area (Å²) in [6.45, 7) is 5.54. The number of aromatic nitrogens is 2. The molecule has 0 aliphatic rings. The molecule has 1 aromatic rings. The molecule has 0 bridgehead atoms. The number of H-pyrrole nitrogens is 1. The van der Waals surface area contributed by atoms with E-state index in [9.17, 15) is 9.59 Å². The zero-order valence-corrected chi connectivity index (χ0v) is 9.96. The molecule has 5 heteroatoms. The lowest BCUT2D eigenvalue weighted by atomic mass is 10.1. The Balaban J connectivity index is 3.40. The van der Waals surface area contributed by atoms with E-state index >= 15 is 0 Å². The molecule has 0 amide bonds. The van der Waals surface area contributed by atoms with Crippen molar-refractivity contribution in [1.29, 1.82) is 0 Å². The van der Waals surface area contributed by atoms with E-state index in [4.69, 9.17) is 0 Å². The second-order valence-corrected chi connectivity index (χ2v) is 3.78. The minimum absolute atomic E-state index is 0.0296. The van der Waals surface area contributed by atoms with Crippen molar-refractivity contribution in [1.82, 2.24) is 9.97 Å². The molecule has 1 aromatic heterocycles. The van der Waals surface area contributed by atoms with E-state index in [1.807, 2.05) is 20.8 Å². The van der Waals surface area contributed by atoms with Gasteiger partial charge in [0.25, 0.3) is 5.56 Å². The van der Waals surface area contributed by atoms with Gasteiger partial charge < -0.3 is 9.72 Å². The van der Waals surface area contributed by atoms with Crippen molar-refractivity contribution in [3.8, 4) is 0 Å². The summed E-state index contributed by atoms with van der Waals surface area (Å²) in [6.07, 6.45) is 0.533. The third-order valence-electron chi connectivity index (χ3n) is 2.29. The van der Waals surface area contributed by atoms with Crippen LogP contribution in [0, 0.1) is 0 Å². The fourth-order valence-electron chi connectivity index (χ4n) is 1.41. The number of aryl methyl sites for hydroxylation is 1. The molecule has 1 rings (SSSR count). The standard InChI is InChI=1S/C11H16N2O3/c1-5-7-9(11(15)16-4)13-8(6(2)3)10(14)12-7/h6H,5H2,1-4H3,(H,12,14). The summed E-state index contributed by atoms with van der Waals surface area (Å²) in [7, 11) is 1.30. The predicted molar refractivity (Wildman–Crippen MR) is 59.7 cm³/mol. The number of methoxy groups -OCH3 is 1. The Bertz CT molecular complexity index is 449. The molecular weight excluding hydrogens is 208 g/mol. The van der Waals surface area contributed by atoms with E-state index in [0.717, 1.165) is 0 Å². The van der Waals surface area contributed by atoms with Gasteiger partial charge in [-0.1, -0.05) is 20.8 Å². The van der Waals surface area contributed by atoms with Crippen molar-refractivity contribution in [2.24, 2.45) is 0 Å². The summed E-state index contributed by atoms with van der Waals surface area (Å²) in [5, 5.41) is 0. The summed E-state index contributed by atoms with van der Waals surface area (Å²) in [4.78, 5) is 29.9. The molecule has 0 saturated carbocycles. The third kappa shape index (κ3) is 2.29. The number of esters is 1. The van der Waals surface area contributed by atoms with Crippen LogP contribution in [0.15, 0.2) is 4.79 Å². The molecule has 0 saturated heterocycles. The summed E-state index contributed by atoms with van der Waals surface area (Å²) < 4.78 is 4.63. The second kappa shape index (κ2) is 4.92. The number of hydrogen-bond donors (Lipinski definition) is 1. The van der Waals surface area contributed by atoms with E-state index in [1.54, 1.807) is 0 Å². The highest BCUT2D eigenvalue weighted by atomic mass is 16.5. The Labute approximate surface area is 93.9 Å². The van der Waals surface area contributed by atoms with Crippen LogP contribution >= 0.6 is 0 Å². The molecule has 0 radical (unpaired) electrons. The first-order chi connectivity index (χ1) is 7.51. The molecule has 1 N–H and O–H groups in total. The van der Waals surface area contributed by atoms with Crippen molar-refractivity contribution in [2.75, 3.05) is 7.11 Å². The topological polar surface area (TPSA) is 72.0 Å². The van der Waals surface area contributed by atoms with Gasteiger partial charge in [0.2, 0.25) is 0 Å². The monoisotopic (exact) mass is 224 g/mol. The fraction of sp³-hybridized carbons (Fsp3) is 0.545. The van der Waals surface area contributed by atoms with Gasteiger partial charge in [0.15, 0.2) is 5.69 Å². The lowest BCUT2D eigenvalue weighted by Gasteiger charge is -2.09. The van der Waals surface area contributed by atoms with Gasteiger partial charge in [-0.2, -0.15) is 0 Å². The average Bonchev–Trinajstić information content (AvgIpc) is 2.27. The fourth-order valence-corrected chi connectivity index (χ4v) is 1.41. The normalized spacial score (nSPS) is 10.6. The molecule has 0 aliphatic heterocycles. The molecule has 0 unspecified atom stereocenters. The van der Waals surface area contributed by atoms with Gasteiger partial charge in [-0.05, 0) is 6.42 Å². The zero-order chi connectivity index (χ0) is 12.3. The highest BCUT2D eigenvalue weighted by Gasteiger charge is 2.17. The number of carbonyl (C=O) groups excluding carboxylic acids is 1. The lowest BCUT2D eigenvalue weighted by molar-refractivity contribution is 0.0591. The first-order valence-electron chi connectivity index (χ1n) is 5.22.